The largest absolute Gasteiger partial charge is 0.422 e. The first-order valence-corrected chi connectivity index (χ1v) is 10.8. The number of carbonyl (C=O) groups excluding carboxylic acids is 2. The number of hydrogen-bond acceptors (Lipinski definition) is 4. The molecule has 0 saturated heterocycles. The first kappa shape index (κ1) is 22.8. The fourth-order valence-electron chi connectivity index (χ4n) is 2.97. The van der Waals surface area contributed by atoms with Crippen LogP contribution >= 0.6 is 34.8 Å². The molecule has 0 spiro atoms. The lowest BCUT2D eigenvalue weighted by Crippen LogP contribution is -2.13. The Hall–Kier alpha value is -3.38. The van der Waals surface area contributed by atoms with Gasteiger partial charge in [0.2, 0.25) is 0 Å². The lowest BCUT2D eigenvalue weighted by molar-refractivity contribution is 0.0693. The predicted molar refractivity (Wildman–Crippen MR) is 130 cm³/mol. The van der Waals surface area contributed by atoms with Crippen LogP contribution < -0.4 is 0 Å². The third kappa shape index (κ3) is 5.52. The normalized spacial score (nSPS) is 11.3. The molecule has 5 nitrogen and oxygen atoms in total. The summed E-state index contributed by atoms with van der Waals surface area (Å²) in [6.07, 6.45) is 4.54. The number of aromatic nitrogens is 2. The summed E-state index contributed by atoms with van der Waals surface area (Å²) in [5, 5.41) is 1.56. The molecule has 0 fully saturated rings. The third-order valence-electron chi connectivity index (χ3n) is 4.65. The maximum absolute atomic E-state index is 13.0. The Kier molecular flexibility index (Phi) is 6.94. The fourth-order valence-corrected chi connectivity index (χ4v) is 3.35. The van der Waals surface area contributed by atoms with Gasteiger partial charge >= 0.3 is 5.97 Å². The Balaban J connectivity index is 1.71. The molecule has 1 aromatic heterocycles. The Morgan fingerprint density at radius 1 is 0.727 bits per heavy atom. The summed E-state index contributed by atoms with van der Waals surface area (Å²) >= 11 is 17.8. The van der Waals surface area contributed by atoms with Crippen molar-refractivity contribution < 1.29 is 14.3 Å². The van der Waals surface area contributed by atoms with E-state index in [1.165, 1.54) is 23.0 Å². The molecule has 8 heteroatoms. The summed E-state index contributed by atoms with van der Waals surface area (Å²) in [6, 6.07) is 19.6. The van der Waals surface area contributed by atoms with Crippen LogP contribution in [0.15, 0.2) is 85.2 Å². The monoisotopic (exact) mass is 496 g/mol. The van der Waals surface area contributed by atoms with Crippen LogP contribution in [0.3, 0.4) is 0 Å². The highest BCUT2D eigenvalue weighted by atomic mass is 35.5. The molecule has 0 aliphatic rings. The van der Waals surface area contributed by atoms with Gasteiger partial charge in [0.25, 0.3) is 5.91 Å². The number of ether oxygens (including phenoxy) is 1. The third-order valence-corrected chi connectivity index (χ3v) is 5.41. The second-order valence-electron chi connectivity index (χ2n) is 6.88. The maximum Gasteiger partial charge on any atom is 0.343 e. The van der Waals surface area contributed by atoms with Crippen molar-refractivity contribution in [2.45, 2.75) is 0 Å². The van der Waals surface area contributed by atoms with E-state index in [4.69, 9.17) is 39.5 Å². The van der Waals surface area contributed by atoms with Crippen LogP contribution in [-0.2, 0) is 4.74 Å². The second-order valence-corrected chi connectivity index (χ2v) is 8.19. The van der Waals surface area contributed by atoms with Crippen LogP contribution in [0, 0.1) is 0 Å². The fraction of sp³-hybridized carbons (Fsp3) is 0. The Labute approximate surface area is 204 Å². The molecule has 4 aromatic rings. The van der Waals surface area contributed by atoms with Crippen molar-refractivity contribution in [1.29, 1.82) is 0 Å². The molecule has 0 unspecified atom stereocenters. The van der Waals surface area contributed by atoms with Crippen molar-refractivity contribution in [3.8, 4) is 0 Å². The standard InChI is InChI=1S/C25H15Cl3N2O3/c26-19-7-1-16(2-8-19)22(33-25(32)18-5-11-21(28)12-6-18)15-23-29-13-14-30(23)24(31)17-3-9-20(27)10-4-17/h1-15H/b22-15+. The van der Waals surface area contributed by atoms with Crippen molar-refractivity contribution in [2.24, 2.45) is 0 Å². The quantitative estimate of drug-likeness (QED) is 0.222. The average Bonchev–Trinajstić information content (AvgIpc) is 3.28. The topological polar surface area (TPSA) is 61.2 Å². The summed E-state index contributed by atoms with van der Waals surface area (Å²) in [7, 11) is 0. The molecule has 164 valence electrons. The molecule has 0 N–H and O–H groups in total. The summed E-state index contributed by atoms with van der Waals surface area (Å²) in [4.78, 5) is 30.0. The zero-order valence-electron chi connectivity index (χ0n) is 16.9. The lowest BCUT2D eigenvalue weighted by Gasteiger charge is -2.11. The predicted octanol–water partition coefficient (Wildman–Crippen LogP) is 6.89. The van der Waals surface area contributed by atoms with E-state index in [-0.39, 0.29) is 17.5 Å². The van der Waals surface area contributed by atoms with Crippen molar-refractivity contribution in [1.82, 2.24) is 9.55 Å². The highest BCUT2D eigenvalue weighted by Gasteiger charge is 2.17. The van der Waals surface area contributed by atoms with E-state index in [9.17, 15) is 9.59 Å². The van der Waals surface area contributed by atoms with Gasteiger partial charge < -0.3 is 4.74 Å². The van der Waals surface area contributed by atoms with Gasteiger partial charge in [0, 0.05) is 44.7 Å². The Bertz CT molecular complexity index is 1330. The molecule has 0 radical (unpaired) electrons. The molecule has 0 atom stereocenters. The second kappa shape index (κ2) is 10.0. The first-order valence-electron chi connectivity index (χ1n) is 9.70. The number of carbonyl (C=O) groups is 2. The van der Waals surface area contributed by atoms with E-state index in [0.717, 1.165) is 0 Å². The summed E-state index contributed by atoms with van der Waals surface area (Å²) in [5.41, 5.74) is 1.33. The molecule has 1 heterocycles. The van der Waals surface area contributed by atoms with Gasteiger partial charge in [-0.05, 0) is 72.8 Å². The van der Waals surface area contributed by atoms with Crippen LogP contribution in [-0.4, -0.2) is 21.4 Å². The van der Waals surface area contributed by atoms with Gasteiger partial charge in [-0.3, -0.25) is 9.36 Å². The maximum atomic E-state index is 13.0. The molecular formula is C25H15Cl3N2O3. The smallest absolute Gasteiger partial charge is 0.343 e. The molecule has 0 amide bonds. The molecule has 0 aliphatic carbocycles. The van der Waals surface area contributed by atoms with Crippen LogP contribution in [0.1, 0.15) is 32.1 Å². The zero-order chi connectivity index (χ0) is 23.4. The van der Waals surface area contributed by atoms with E-state index < -0.39 is 5.97 Å². The van der Waals surface area contributed by atoms with E-state index >= 15 is 0 Å². The number of benzene rings is 3. The van der Waals surface area contributed by atoms with Crippen molar-refractivity contribution >= 4 is 58.5 Å². The van der Waals surface area contributed by atoms with Crippen molar-refractivity contribution in [2.75, 3.05) is 0 Å². The summed E-state index contributed by atoms with van der Waals surface area (Å²) < 4.78 is 7.04. The number of nitrogens with zero attached hydrogens (tertiary/aromatic N) is 2. The highest BCUT2D eigenvalue weighted by Crippen LogP contribution is 2.24. The van der Waals surface area contributed by atoms with Crippen molar-refractivity contribution in [3.05, 3.63) is 123 Å². The minimum atomic E-state index is -0.588. The zero-order valence-corrected chi connectivity index (χ0v) is 19.2. The van der Waals surface area contributed by atoms with Gasteiger partial charge in [0.15, 0.2) is 0 Å². The summed E-state index contributed by atoms with van der Waals surface area (Å²) in [6.45, 7) is 0. The van der Waals surface area contributed by atoms with Gasteiger partial charge in [-0.25, -0.2) is 9.78 Å². The SMILES string of the molecule is O=C(O/C(=C/c1nccn1C(=O)c1ccc(Cl)cc1)c1ccc(Cl)cc1)c1ccc(Cl)cc1. The summed E-state index contributed by atoms with van der Waals surface area (Å²) in [5.74, 6) is -0.420. The number of halogens is 3. The highest BCUT2D eigenvalue weighted by molar-refractivity contribution is 6.31. The number of hydrogen-bond donors (Lipinski definition) is 0. The number of esters is 1. The van der Waals surface area contributed by atoms with Gasteiger partial charge in [-0.1, -0.05) is 34.8 Å². The van der Waals surface area contributed by atoms with E-state index in [0.29, 0.717) is 31.8 Å². The average molecular weight is 498 g/mol. The van der Waals surface area contributed by atoms with Crippen LogP contribution in [0.2, 0.25) is 15.1 Å². The van der Waals surface area contributed by atoms with Crippen molar-refractivity contribution in [3.63, 3.8) is 0 Å². The molecule has 0 bridgehead atoms. The van der Waals surface area contributed by atoms with Crippen LogP contribution in [0.5, 0.6) is 0 Å². The molecule has 33 heavy (non-hydrogen) atoms. The van der Waals surface area contributed by atoms with Crippen LogP contribution in [0.4, 0.5) is 0 Å². The van der Waals surface area contributed by atoms with E-state index in [1.54, 1.807) is 72.8 Å². The molecule has 0 saturated carbocycles. The van der Waals surface area contributed by atoms with Gasteiger partial charge in [-0.2, -0.15) is 0 Å². The molecule has 3 aromatic carbocycles. The minimum Gasteiger partial charge on any atom is -0.422 e. The van der Waals surface area contributed by atoms with E-state index in [2.05, 4.69) is 4.98 Å². The molecular weight excluding hydrogens is 483 g/mol. The Morgan fingerprint density at radius 3 is 1.76 bits per heavy atom. The lowest BCUT2D eigenvalue weighted by atomic mass is 10.1. The molecule has 4 rings (SSSR count). The Morgan fingerprint density at radius 2 is 1.21 bits per heavy atom. The van der Waals surface area contributed by atoms with Crippen LogP contribution in [0.25, 0.3) is 11.8 Å². The van der Waals surface area contributed by atoms with E-state index in [1.807, 2.05) is 0 Å². The van der Waals surface area contributed by atoms with Gasteiger partial charge in [-0.15, -0.1) is 0 Å². The molecule has 0 aliphatic heterocycles. The van der Waals surface area contributed by atoms with Gasteiger partial charge in [0.05, 0.1) is 5.56 Å². The van der Waals surface area contributed by atoms with Gasteiger partial charge in [0.1, 0.15) is 11.6 Å². The first-order chi connectivity index (χ1) is 15.9. The number of rotatable bonds is 5. The number of imidazole rings is 1. The minimum absolute atomic E-state index is 0.197.